The molecule has 6 heteroatoms. The molecule has 0 saturated heterocycles. The fraction of sp³-hybridized carbons (Fsp3) is 0.800. The zero-order chi connectivity index (χ0) is 8.27. The summed E-state index contributed by atoms with van der Waals surface area (Å²) in [4.78, 5) is 0. The van der Waals surface area contributed by atoms with Crippen LogP contribution in [0.15, 0.2) is 0 Å². The molecule has 62 valence electrons. The van der Waals surface area contributed by atoms with Gasteiger partial charge in [-0.25, -0.2) is 4.68 Å². The second-order valence-electron chi connectivity index (χ2n) is 2.16. The quantitative estimate of drug-likeness (QED) is 0.615. The molecular formula is C5H10N4OS. The summed E-state index contributed by atoms with van der Waals surface area (Å²) < 4.78 is 1.54. The Morgan fingerprint density at radius 2 is 2.45 bits per heavy atom. The maximum Gasteiger partial charge on any atom is 0.163 e. The minimum absolute atomic E-state index is 0.00319. The van der Waals surface area contributed by atoms with Crippen molar-refractivity contribution in [3.05, 3.63) is 5.82 Å². The Balaban J connectivity index is 2.78. The molecule has 0 aromatic carbocycles. The molecule has 1 N–H and O–H groups in total. The van der Waals surface area contributed by atoms with Gasteiger partial charge in [0.2, 0.25) is 0 Å². The number of hydrogen-bond donors (Lipinski definition) is 2. The number of tetrazole rings is 1. The largest absolute Gasteiger partial charge is 0.394 e. The van der Waals surface area contributed by atoms with Crippen LogP contribution in [0, 0.1) is 0 Å². The third-order valence-electron chi connectivity index (χ3n) is 1.25. The standard InChI is InChI=1S/C5H10N4OS/c1-4(11)5-6-7-8-9(5)2-3-10/h4,10-11H,2-3H2,1H3. The minimum Gasteiger partial charge on any atom is -0.394 e. The molecule has 0 bridgehead atoms. The van der Waals surface area contributed by atoms with Crippen LogP contribution in [0.25, 0.3) is 0 Å². The SMILES string of the molecule is CC(S)c1nnnn1CCO. The van der Waals surface area contributed by atoms with Crippen LogP contribution in [0.5, 0.6) is 0 Å². The fourth-order valence-corrected chi connectivity index (χ4v) is 0.950. The van der Waals surface area contributed by atoms with Gasteiger partial charge in [-0.15, -0.1) is 5.10 Å². The molecule has 1 aromatic rings. The first-order valence-electron chi connectivity index (χ1n) is 3.30. The van der Waals surface area contributed by atoms with E-state index in [0.717, 1.165) is 0 Å². The van der Waals surface area contributed by atoms with E-state index in [4.69, 9.17) is 5.11 Å². The lowest BCUT2D eigenvalue weighted by atomic mass is 10.4. The van der Waals surface area contributed by atoms with Crippen molar-refractivity contribution in [2.75, 3.05) is 6.61 Å². The van der Waals surface area contributed by atoms with E-state index in [1.807, 2.05) is 6.92 Å². The molecule has 1 rings (SSSR count). The van der Waals surface area contributed by atoms with Gasteiger partial charge in [-0.2, -0.15) is 12.6 Å². The summed E-state index contributed by atoms with van der Waals surface area (Å²) in [5.74, 6) is 0.683. The van der Waals surface area contributed by atoms with Gasteiger partial charge in [0.05, 0.1) is 18.4 Å². The molecule has 0 saturated carbocycles. The predicted octanol–water partition coefficient (Wildman–Crippen LogP) is -0.344. The predicted molar refractivity (Wildman–Crippen MR) is 42.3 cm³/mol. The molecule has 0 fully saturated rings. The lowest BCUT2D eigenvalue weighted by Crippen LogP contribution is -2.09. The summed E-state index contributed by atoms with van der Waals surface area (Å²) in [6.45, 7) is 2.34. The zero-order valence-electron chi connectivity index (χ0n) is 6.17. The van der Waals surface area contributed by atoms with E-state index in [1.54, 1.807) is 0 Å². The van der Waals surface area contributed by atoms with Gasteiger partial charge in [0, 0.05) is 0 Å². The number of hydrogen-bond acceptors (Lipinski definition) is 5. The van der Waals surface area contributed by atoms with E-state index in [2.05, 4.69) is 28.2 Å². The number of aliphatic hydroxyl groups excluding tert-OH is 1. The van der Waals surface area contributed by atoms with Crippen molar-refractivity contribution in [3.63, 3.8) is 0 Å². The maximum atomic E-state index is 8.60. The highest BCUT2D eigenvalue weighted by Gasteiger charge is 2.08. The highest BCUT2D eigenvalue weighted by atomic mass is 32.1. The number of rotatable bonds is 3. The van der Waals surface area contributed by atoms with Gasteiger partial charge in [0.1, 0.15) is 0 Å². The van der Waals surface area contributed by atoms with Crippen LogP contribution >= 0.6 is 12.6 Å². The molecule has 11 heavy (non-hydrogen) atoms. The van der Waals surface area contributed by atoms with Crippen LogP contribution in [-0.4, -0.2) is 31.9 Å². The normalized spacial score (nSPS) is 13.4. The van der Waals surface area contributed by atoms with Crippen molar-refractivity contribution >= 4 is 12.6 Å². The van der Waals surface area contributed by atoms with Crippen molar-refractivity contribution < 1.29 is 5.11 Å². The highest BCUT2D eigenvalue weighted by Crippen LogP contribution is 2.13. The van der Waals surface area contributed by atoms with Crippen molar-refractivity contribution in [3.8, 4) is 0 Å². The van der Waals surface area contributed by atoms with Gasteiger partial charge < -0.3 is 5.11 Å². The van der Waals surface area contributed by atoms with Crippen LogP contribution < -0.4 is 0 Å². The lowest BCUT2D eigenvalue weighted by Gasteiger charge is -2.02. The molecule has 0 radical (unpaired) electrons. The molecule has 1 atom stereocenters. The van der Waals surface area contributed by atoms with Gasteiger partial charge in [-0.3, -0.25) is 0 Å². The number of aliphatic hydroxyl groups is 1. The molecule has 1 aromatic heterocycles. The Morgan fingerprint density at radius 1 is 1.73 bits per heavy atom. The molecule has 0 amide bonds. The molecule has 0 aliphatic rings. The van der Waals surface area contributed by atoms with Crippen molar-refractivity contribution in [1.29, 1.82) is 0 Å². The highest BCUT2D eigenvalue weighted by molar-refractivity contribution is 7.80. The number of thiol groups is 1. The third kappa shape index (κ3) is 1.90. The summed E-state index contributed by atoms with van der Waals surface area (Å²) in [6, 6.07) is 0. The summed E-state index contributed by atoms with van der Waals surface area (Å²) in [6.07, 6.45) is 0. The Morgan fingerprint density at radius 3 is 3.00 bits per heavy atom. The Hall–Kier alpha value is -0.620. The lowest BCUT2D eigenvalue weighted by molar-refractivity contribution is 0.266. The number of nitrogens with zero attached hydrogens (tertiary/aromatic N) is 4. The topological polar surface area (TPSA) is 63.8 Å². The molecule has 0 aliphatic carbocycles. The monoisotopic (exact) mass is 174 g/mol. The van der Waals surface area contributed by atoms with Crippen LogP contribution in [0.2, 0.25) is 0 Å². The van der Waals surface area contributed by atoms with E-state index in [1.165, 1.54) is 4.68 Å². The Labute approximate surface area is 69.8 Å². The van der Waals surface area contributed by atoms with E-state index < -0.39 is 0 Å². The summed E-state index contributed by atoms with van der Waals surface area (Å²) >= 11 is 4.17. The second kappa shape index (κ2) is 3.68. The second-order valence-corrected chi connectivity index (χ2v) is 2.93. The molecule has 1 heterocycles. The first kappa shape index (κ1) is 8.48. The third-order valence-corrected chi connectivity index (χ3v) is 1.48. The molecule has 5 nitrogen and oxygen atoms in total. The smallest absolute Gasteiger partial charge is 0.163 e. The van der Waals surface area contributed by atoms with Crippen molar-refractivity contribution in [2.45, 2.75) is 18.7 Å². The van der Waals surface area contributed by atoms with Gasteiger partial charge in [0.25, 0.3) is 0 Å². The van der Waals surface area contributed by atoms with E-state index >= 15 is 0 Å². The Bertz CT molecular complexity index is 224. The molecule has 1 unspecified atom stereocenters. The fourth-order valence-electron chi connectivity index (χ4n) is 0.765. The molecule has 0 aliphatic heterocycles. The van der Waals surface area contributed by atoms with Crippen LogP contribution in [0.4, 0.5) is 0 Å². The summed E-state index contributed by atoms with van der Waals surface area (Å²) in [5, 5.41) is 19.5. The van der Waals surface area contributed by atoms with E-state index in [9.17, 15) is 0 Å². The van der Waals surface area contributed by atoms with Crippen molar-refractivity contribution in [1.82, 2.24) is 20.2 Å². The van der Waals surface area contributed by atoms with Gasteiger partial charge in [0.15, 0.2) is 5.82 Å². The van der Waals surface area contributed by atoms with Gasteiger partial charge in [-0.1, -0.05) is 0 Å². The van der Waals surface area contributed by atoms with E-state index in [0.29, 0.717) is 12.4 Å². The first-order chi connectivity index (χ1) is 5.25. The van der Waals surface area contributed by atoms with Gasteiger partial charge in [-0.05, 0) is 17.4 Å². The maximum absolute atomic E-state index is 8.60. The molecular weight excluding hydrogens is 164 g/mol. The van der Waals surface area contributed by atoms with Gasteiger partial charge >= 0.3 is 0 Å². The van der Waals surface area contributed by atoms with Crippen LogP contribution in [-0.2, 0) is 6.54 Å². The van der Waals surface area contributed by atoms with E-state index in [-0.39, 0.29) is 11.9 Å². The van der Waals surface area contributed by atoms with Crippen molar-refractivity contribution in [2.24, 2.45) is 0 Å². The summed E-state index contributed by atoms with van der Waals surface area (Å²) in [7, 11) is 0. The van der Waals surface area contributed by atoms with Crippen LogP contribution in [0.1, 0.15) is 18.0 Å². The minimum atomic E-state index is -0.00319. The molecule has 0 spiro atoms. The Kier molecular flexibility index (Phi) is 2.84. The summed E-state index contributed by atoms with van der Waals surface area (Å²) in [5.41, 5.74) is 0. The first-order valence-corrected chi connectivity index (χ1v) is 3.82. The average Bonchev–Trinajstić information content (AvgIpc) is 2.36. The zero-order valence-corrected chi connectivity index (χ0v) is 7.07. The average molecular weight is 174 g/mol. The van der Waals surface area contributed by atoms with Crippen LogP contribution in [0.3, 0.4) is 0 Å². The number of aromatic nitrogens is 4.